The highest BCUT2D eigenvalue weighted by atomic mass is 32.1. The Morgan fingerprint density at radius 3 is 2.74 bits per heavy atom. The summed E-state index contributed by atoms with van der Waals surface area (Å²) in [5, 5.41) is 3.94. The van der Waals surface area contributed by atoms with Gasteiger partial charge in [0, 0.05) is 37.9 Å². The second kappa shape index (κ2) is 6.03. The zero-order valence-electron chi connectivity index (χ0n) is 13.3. The van der Waals surface area contributed by atoms with Gasteiger partial charge in [0.25, 0.3) is 5.91 Å². The minimum atomic E-state index is 0.0808. The molecule has 2 fully saturated rings. The number of carbonyl (C=O) groups excluding carboxylic acids is 1. The largest absolute Gasteiger partial charge is 0.338 e. The molecule has 7 heteroatoms. The Bertz CT molecular complexity index is 697. The molecule has 1 saturated heterocycles. The Morgan fingerprint density at radius 1 is 1.30 bits per heavy atom. The summed E-state index contributed by atoms with van der Waals surface area (Å²) >= 11 is 1.20. The fourth-order valence-electron chi connectivity index (χ4n) is 3.33. The van der Waals surface area contributed by atoms with Gasteiger partial charge >= 0.3 is 0 Å². The fraction of sp³-hybridized carbons (Fsp3) is 0.625. The van der Waals surface area contributed by atoms with Gasteiger partial charge in [-0.3, -0.25) is 4.79 Å². The zero-order valence-corrected chi connectivity index (χ0v) is 14.1. The number of carbonyl (C=O) groups is 1. The molecule has 0 bridgehead atoms. The number of rotatable bonds is 4. The van der Waals surface area contributed by atoms with E-state index >= 15 is 0 Å². The maximum absolute atomic E-state index is 12.5. The molecule has 1 aliphatic heterocycles. The van der Waals surface area contributed by atoms with Crippen molar-refractivity contribution < 1.29 is 4.79 Å². The third kappa shape index (κ3) is 3.02. The summed E-state index contributed by atoms with van der Waals surface area (Å²) in [7, 11) is 0. The van der Waals surface area contributed by atoms with E-state index in [4.69, 9.17) is 0 Å². The second-order valence-electron chi connectivity index (χ2n) is 6.64. The lowest BCUT2D eigenvalue weighted by Crippen LogP contribution is -2.38. The van der Waals surface area contributed by atoms with Crippen molar-refractivity contribution in [2.75, 3.05) is 13.1 Å². The molecule has 2 aromatic rings. The third-order valence-corrected chi connectivity index (χ3v) is 5.71. The molecule has 1 amide bonds. The van der Waals surface area contributed by atoms with Gasteiger partial charge in [-0.15, -0.1) is 5.10 Å². The normalized spacial score (nSPS) is 19.3. The van der Waals surface area contributed by atoms with Gasteiger partial charge in [0.05, 0.1) is 5.69 Å². The van der Waals surface area contributed by atoms with E-state index in [1.807, 2.05) is 18.0 Å². The molecule has 6 nitrogen and oxygen atoms in total. The number of amides is 1. The lowest BCUT2D eigenvalue weighted by atomic mass is 9.95. The molecular formula is C16H21N5OS. The van der Waals surface area contributed by atoms with Gasteiger partial charge < -0.3 is 9.47 Å². The first kappa shape index (κ1) is 14.8. The molecule has 0 unspecified atom stereocenters. The molecule has 0 aromatic carbocycles. The number of likely N-dealkylation sites (tertiary alicyclic amines) is 1. The molecule has 0 radical (unpaired) electrons. The molecule has 1 aliphatic carbocycles. The molecule has 0 atom stereocenters. The van der Waals surface area contributed by atoms with Gasteiger partial charge in [0.15, 0.2) is 0 Å². The zero-order chi connectivity index (χ0) is 15.8. The number of piperidine rings is 1. The van der Waals surface area contributed by atoms with E-state index in [0.717, 1.165) is 44.1 Å². The van der Waals surface area contributed by atoms with Crippen molar-refractivity contribution in [3.63, 3.8) is 0 Å². The summed E-state index contributed by atoms with van der Waals surface area (Å²) in [6.07, 6.45) is 8.70. The van der Waals surface area contributed by atoms with Crippen molar-refractivity contribution >= 4 is 17.4 Å². The van der Waals surface area contributed by atoms with Crippen molar-refractivity contribution in [3.8, 4) is 0 Å². The van der Waals surface area contributed by atoms with Crippen LogP contribution in [0.2, 0.25) is 0 Å². The molecule has 23 heavy (non-hydrogen) atoms. The summed E-state index contributed by atoms with van der Waals surface area (Å²) < 4.78 is 6.20. The predicted octanol–water partition coefficient (Wildman–Crippen LogP) is 2.47. The average Bonchev–Trinajstić information content (AvgIpc) is 3.08. The average molecular weight is 331 g/mol. The van der Waals surface area contributed by atoms with E-state index in [0.29, 0.717) is 10.8 Å². The molecule has 0 spiro atoms. The fourth-order valence-corrected chi connectivity index (χ4v) is 3.95. The Hall–Kier alpha value is -1.76. The van der Waals surface area contributed by atoms with E-state index in [1.54, 1.807) is 0 Å². The van der Waals surface area contributed by atoms with E-state index in [1.165, 1.54) is 30.2 Å². The number of nitrogens with zero attached hydrogens (tertiary/aromatic N) is 5. The van der Waals surface area contributed by atoms with Crippen LogP contribution in [0.25, 0.3) is 0 Å². The van der Waals surface area contributed by atoms with Crippen molar-refractivity contribution in [2.24, 2.45) is 5.92 Å². The Kier molecular flexibility index (Phi) is 3.88. The first-order valence-electron chi connectivity index (χ1n) is 8.31. The maximum atomic E-state index is 12.5. The van der Waals surface area contributed by atoms with Crippen LogP contribution in [0.5, 0.6) is 0 Å². The molecule has 122 valence electrons. The van der Waals surface area contributed by atoms with Crippen molar-refractivity contribution in [2.45, 2.75) is 45.1 Å². The summed E-state index contributed by atoms with van der Waals surface area (Å²) in [5.74, 6) is 2.61. The van der Waals surface area contributed by atoms with E-state index in [-0.39, 0.29) is 5.91 Å². The summed E-state index contributed by atoms with van der Waals surface area (Å²) in [5.41, 5.74) is 0.738. The summed E-state index contributed by atoms with van der Waals surface area (Å²) in [6, 6.07) is 0. The van der Waals surface area contributed by atoms with Crippen LogP contribution in [0.1, 0.15) is 52.8 Å². The van der Waals surface area contributed by atoms with Gasteiger partial charge in [-0.05, 0) is 50.1 Å². The first-order valence-corrected chi connectivity index (χ1v) is 9.09. The maximum Gasteiger partial charge on any atom is 0.267 e. The van der Waals surface area contributed by atoms with Crippen molar-refractivity contribution in [1.82, 2.24) is 24.0 Å². The lowest BCUT2D eigenvalue weighted by Gasteiger charge is -2.31. The lowest BCUT2D eigenvalue weighted by molar-refractivity contribution is 0.0714. The monoisotopic (exact) mass is 331 g/mol. The van der Waals surface area contributed by atoms with Crippen LogP contribution in [-0.4, -0.2) is 43.0 Å². The number of hydrogen-bond donors (Lipinski definition) is 0. The topological polar surface area (TPSA) is 63.9 Å². The minimum Gasteiger partial charge on any atom is -0.338 e. The Balaban J connectivity index is 1.40. The molecule has 1 saturated carbocycles. The Labute approximate surface area is 139 Å². The van der Waals surface area contributed by atoms with Gasteiger partial charge in [0.1, 0.15) is 10.7 Å². The summed E-state index contributed by atoms with van der Waals surface area (Å²) in [6.45, 7) is 4.53. The van der Waals surface area contributed by atoms with E-state index in [2.05, 4.69) is 25.3 Å². The van der Waals surface area contributed by atoms with Crippen LogP contribution in [0, 0.1) is 12.8 Å². The molecule has 2 aromatic heterocycles. The predicted molar refractivity (Wildman–Crippen MR) is 87.5 cm³/mol. The van der Waals surface area contributed by atoms with Gasteiger partial charge in [-0.25, -0.2) is 4.98 Å². The number of aryl methyl sites for hydroxylation is 1. The number of hydrogen-bond acceptors (Lipinski definition) is 5. The summed E-state index contributed by atoms with van der Waals surface area (Å²) in [4.78, 5) is 19.7. The molecular weight excluding hydrogens is 310 g/mol. The molecule has 4 rings (SSSR count). The highest BCUT2D eigenvalue weighted by molar-refractivity contribution is 7.07. The second-order valence-corrected chi connectivity index (χ2v) is 7.39. The quantitative estimate of drug-likeness (QED) is 0.863. The van der Waals surface area contributed by atoms with Crippen molar-refractivity contribution in [1.29, 1.82) is 0 Å². The SMILES string of the molecule is Cc1nnsc1C(=O)N1CCC(c2nccn2CC2CC2)CC1. The van der Waals surface area contributed by atoms with Crippen LogP contribution in [0.3, 0.4) is 0 Å². The van der Waals surface area contributed by atoms with Crippen LogP contribution in [-0.2, 0) is 6.54 Å². The standard InChI is InChI=1S/C16H21N5OS/c1-11-14(23-19-18-11)16(22)20-7-4-13(5-8-20)15-17-6-9-21(15)10-12-2-3-12/h6,9,12-13H,2-5,7-8,10H2,1H3. The third-order valence-electron chi connectivity index (χ3n) is 4.89. The number of aromatic nitrogens is 4. The van der Waals surface area contributed by atoms with Gasteiger partial charge in [-0.2, -0.15) is 0 Å². The highest BCUT2D eigenvalue weighted by Gasteiger charge is 2.30. The smallest absolute Gasteiger partial charge is 0.267 e. The Morgan fingerprint density at radius 2 is 2.09 bits per heavy atom. The molecule has 3 heterocycles. The van der Waals surface area contributed by atoms with Gasteiger partial charge in [-0.1, -0.05) is 4.49 Å². The highest BCUT2D eigenvalue weighted by Crippen LogP contribution is 2.33. The molecule has 2 aliphatic rings. The van der Waals surface area contributed by atoms with Crippen LogP contribution >= 0.6 is 11.5 Å². The van der Waals surface area contributed by atoms with Crippen LogP contribution in [0.15, 0.2) is 12.4 Å². The van der Waals surface area contributed by atoms with Gasteiger partial charge in [0.2, 0.25) is 0 Å². The first-order chi connectivity index (χ1) is 11.2. The van der Waals surface area contributed by atoms with Crippen molar-refractivity contribution in [3.05, 3.63) is 28.8 Å². The molecule has 0 N–H and O–H groups in total. The van der Waals surface area contributed by atoms with E-state index in [9.17, 15) is 4.79 Å². The number of imidazole rings is 1. The van der Waals surface area contributed by atoms with Crippen LogP contribution < -0.4 is 0 Å². The van der Waals surface area contributed by atoms with E-state index < -0.39 is 0 Å². The minimum absolute atomic E-state index is 0.0808. The van der Waals surface area contributed by atoms with Crippen LogP contribution in [0.4, 0.5) is 0 Å².